The predicted octanol–water partition coefficient (Wildman–Crippen LogP) is 4.14. The molecule has 0 aromatic heterocycles. The van der Waals surface area contributed by atoms with E-state index in [0.29, 0.717) is 29.2 Å². The van der Waals surface area contributed by atoms with Crippen molar-refractivity contribution in [3.8, 4) is 0 Å². The number of rotatable bonds is 14. The normalized spacial score (nSPS) is 17.0. The number of nitro groups is 1. The van der Waals surface area contributed by atoms with Crippen LogP contribution in [0.2, 0.25) is 5.02 Å². The van der Waals surface area contributed by atoms with Gasteiger partial charge in [-0.3, -0.25) is 14.9 Å². The molecule has 14 heteroatoms. The minimum absolute atomic E-state index is 0.0265. The lowest BCUT2D eigenvalue weighted by Gasteiger charge is -2.36. The van der Waals surface area contributed by atoms with Gasteiger partial charge in [0, 0.05) is 66.6 Å². The van der Waals surface area contributed by atoms with Crippen LogP contribution < -0.4 is 5.32 Å². The van der Waals surface area contributed by atoms with E-state index in [1.54, 1.807) is 29.2 Å². The van der Waals surface area contributed by atoms with Crippen molar-refractivity contribution in [3.05, 3.63) is 80.2 Å². The third-order valence-corrected chi connectivity index (χ3v) is 9.61. The van der Waals surface area contributed by atoms with Gasteiger partial charge in [-0.2, -0.15) is 4.31 Å². The van der Waals surface area contributed by atoms with Gasteiger partial charge in [-0.05, 0) is 43.0 Å². The highest BCUT2D eigenvalue weighted by molar-refractivity contribution is 7.88. The number of carbonyl (C=O) groups is 2. The van der Waals surface area contributed by atoms with E-state index in [2.05, 4.69) is 12.2 Å². The Morgan fingerprint density at radius 3 is 2.51 bits per heavy atom. The molecule has 0 unspecified atom stereocenters. The molecule has 1 saturated carbocycles. The Kier molecular flexibility index (Phi) is 10.2. The maximum Gasteiger partial charge on any atom is 0.293 e. The number of anilines is 1. The molecule has 2 fully saturated rings. The summed E-state index contributed by atoms with van der Waals surface area (Å²) in [6, 6.07) is 10.9. The number of nitrogens with zero attached hydrogens (tertiary/aromatic N) is 3. The van der Waals surface area contributed by atoms with Crippen molar-refractivity contribution in [1.29, 1.82) is 5.41 Å². The molecule has 2 aromatic rings. The molecule has 43 heavy (non-hydrogen) atoms. The van der Waals surface area contributed by atoms with Crippen LogP contribution >= 0.6 is 11.6 Å². The summed E-state index contributed by atoms with van der Waals surface area (Å²) < 4.78 is 33.8. The van der Waals surface area contributed by atoms with E-state index in [9.17, 15) is 28.1 Å². The van der Waals surface area contributed by atoms with Crippen molar-refractivity contribution >= 4 is 51.4 Å². The van der Waals surface area contributed by atoms with Crippen molar-refractivity contribution in [2.75, 3.05) is 38.1 Å². The predicted molar refractivity (Wildman–Crippen MR) is 162 cm³/mol. The minimum Gasteiger partial charge on any atom is -0.486 e. The highest BCUT2D eigenvalue weighted by atomic mass is 35.5. The van der Waals surface area contributed by atoms with Crippen molar-refractivity contribution < 1.29 is 27.7 Å². The first kappa shape index (κ1) is 32.1. The Balaban J connectivity index is 1.48. The highest BCUT2D eigenvalue weighted by Gasteiger charge is 2.39. The van der Waals surface area contributed by atoms with Crippen LogP contribution in [-0.4, -0.2) is 73.7 Å². The number of ether oxygens (including phenoxy) is 1. The van der Waals surface area contributed by atoms with Crippen LogP contribution in [0.1, 0.15) is 37.3 Å². The van der Waals surface area contributed by atoms with Gasteiger partial charge < -0.3 is 25.2 Å². The number of piperazine rings is 1. The molecule has 1 amide bonds. The summed E-state index contributed by atoms with van der Waals surface area (Å²) in [4.78, 5) is 36.8. The van der Waals surface area contributed by atoms with Gasteiger partial charge >= 0.3 is 0 Å². The number of carbonyl (C=O) groups excluding carboxylic acids is 2. The maximum absolute atomic E-state index is 13.4. The van der Waals surface area contributed by atoms with Crippen molar-refractivity contribution in [3.63, 3.8) is 0 Å². The molecule has 2 N–H and O–H groups in total. The van der Waals surface area contributed by atoms with E-state index in [-0.39, 0.29) is 67.1 Å². The van der Waals surface area contributed by atoms with Crippen molar-refractivity contribution in [2.45, 2.75) is 38.4 Å². The number of allylic oxidation sites excluding steroid dienone is 1. The van der Waals surface area contributed by atoms with Gasteiger partial charge in [-0.25, -0.2) is 8.42 Å². The van der Waals surface area contributed by atoms with Crippen LogP contribution in [0.15, 0.2) is 53.9 Å². The number of aldehydes is 1. The summed E-state index contributed by atoms with van der Waals surface area (Å²) in [5.41, 5.74) is 1.08. The van der Waals surface area contributed by atoms with Crippen molar-refractivity contribution in [2.24, 2.45) is 5.41 Å². The Bertz CT molecular complexity index is 1530. The molecule has 2 aromatic carbocycles. The molecule has 4 rings (SSSR count). The Morgan fingerprint density at radius 1 is 1.19 bits per heavy atom. The van der Waals surface area contributed by atoms with Gasteiger partial charge in [0.1, 0.15) is 12.0 Å². The zero-order valence-corrected chi connectivity index (χ0v) is 25.3. The molecule has 0 atom stereocenters. The topological polar surface area (TPSA) is 163 Å². The summed E-state index contributed by atoms with van der Waals surface area (Å²) in [5.74, 6) is -0.996. The molecule has 230 valence electrons. The third-order valence-electron chi connectivity index (χ3n) is 7.53. The monoisotopic (exact) mass is 631 g/mol. The van der Waals surface area contributed by atoms with Crippen LogP contribution in [0.25, 0.3) is 0 Å². The quantitative estimate of drug-likeness (QED) is 0.0784. The van der Waals surface area contributed by atoms with Crippen LogP contribution in [0, 0.1) is 20.9 Å². The summed E-state index contributed by atoms with van der Waals surface area (Å²) in [7, 11) is -3.84. The minimum atomic E-state index is -3.84. The highest BCUT2D eigenvalue weighted by Crippen LogP contribution is 2.45. The largest absolute Gasteiger partial charge is 0.486 e. The molecule has 0 bridgehead atoms. The average Bonchev–Trinajstić information content (AvgIpc) is 3.71. The molecule has 2 aliphatic rings. The number of amides is 1. The van der Waals surface area contributed by atoms with Crippen LogP contribution in [-0.2, 0) is 36.5 Å². The van der Waals surface area contributed by atoms with E-state index >= 15 is 0 Å². The summed E-state index contributed by atoms with van der Waals surface area (Å²) in [6.45, 7) is 2.92. The van der Waals surface area contributed by atoms with Crippen LogP contribution in [0.5, 0.6) is 0 Å². The lowest BCUT2D eigenvalue weighted by Crippen LogP contribution is -2.49. The fourth-order valence-electron chi connectivity index (χ4n) is 4.72. The van der Waals surface area contributed by atoms with Gasteiger partial charge in [0.15, 0.2) is 0 Å². The number of hydrogen-bond donors (Lipinski definition) is 2. The molecular weight excluding hydrogens is 598 g/mol. The molecule has 1 aliphatic heterocycles. The van der Waals surface area contributed by atoms with Crippen LogP contribution in [0.3, 0.4) is 0 Å². The number of nitro benzene ring substituents is 1. The SMILES string of the molecule is CC1(CO/C(C(=O)Nc2cccc(Cl)c2)=C(/C=N)N2CCN(S(=O)(=O)Cc3ccc(CCC=O)c([N+](=O)[O-])c3)CC2)CC1. The second kappa shape index (κ2) is 13.7. The Labute approximate surface area is 255 Å². The Hall–Kier alpha value is -3.81. The van der Waals surface area contributed by atoms with Crippen LogP contribution in [0.4, 0.5) is 11.4 Å². The second-order valence-corrected chi connectivity index (χ2v) is 13.4. The Morgan fingerprint density at radius 2 is 1.91 bits per heavy atom. The second-order valence-electron chi connectivity index (χ2n) is 11.0. The van der Waals surface area contributed by atoms with E-state index in [1.165, 1.54) is 22.5 Å². The number of sulfonamides is 1. The molecule has 1 heterocycles. The molecule has 0 radical (unpaired) electrons. The lowest BCUT2D eigenvalue weighted by molar-refractivity contribution is -0.385. The zero-order chi connectivity index (χ0) is 31.2. The fraction of sp³-hybridized carbons (Fsp3) is 0.414. The zero-order valence-electron chi connectivity index (χ0n) is 23.8. The van der Waals surface area contributed by atoms with E-state index in [4.69, 9.17) is 21.7 Å². The smallest absolute Gasteiger partial charge is 0.293 e. The number of benzene rings is 2. The maximum atomic E-state index is 13.4. The summed E-state index contributed by atoms with van der Waals surface area (Å²) in [5, 5.41) is 22.9. The molecule has 0 spiro atoms. The van der Waals surface area contributed by atoms with Gasteiger partial charge in [-0.1, -0.05) is 36.7 Å². The average molecular weight is 632 g/mol. The van der Waals surface area contributed by atoms with E-state index in [1.807, 2.05) is 0 Å². The standard InChI is InChI=1S/C29H34ClN5O7S/c1-29(9-10-29)20-42-27(28(37)32-24-6-2-5-23(30)17-24)26(18-31)33-11-13-34(14-12-33)43(40,41)19-21-7-8-22(4-3-15-36)25(16-21)35(38)39/h2,5-8,15-18,31H,3-4,9-14,19-20H2,1H3,(H,32,37)/b27-26-,31-18?. The number of aryl methyl sites for hydroxylation is 1. The van der Waals surface area contributed by atoms with E-state index < -0.39 is 26.6 Å². The molecule has 1 aliphatic carbocycles. The number of nitrogens with one attached hydrogen (secondary N) is 2. The molecule has 1 saturated heterocycles. The van der Waals surface area contributed by atoms with Gasteiger partial charge in [0.05, 0.1) is 17.3 Å². The lowest BCUT2D eigenvalue weighted by atomic mass is 10.1. The van der Waals surface area contributed by atoms with Gasteiger partial charge in [0.2, 0.25) is 15.8 Å². The first-order valence-electron chi connectivity index (χ1n) is 13.8. The summed E-state index contributed by atoms with van der Waals surface area (Å²) in [6.07, 6.45) is 3.98. The molecular formula is C29H34ClN5O7S. The number of hydrogen-bond acceptors (Lipinski definition) is 9. The fourth-order valence-corrected chi connectivity index (χ4v) is 6.41. The first-order valence-corrected chi connectivity index (χ1v) is 15.8. The van der Waals surface area contributed by atoms with Gasteiger partial charge in [-0.15, -0.1) is 0 Å². The van der Waals surface area contributed by atoms with Crippen molar-refractivity contribution in [1.82, 2.24) is 9.21 Å². The van der Waals surface area contributed by atoms with Gasteiger partial charge in [0.25, 0.3) is 11.6 Å². The third kappa shape index (κ3) is 8.39. The number of halogens is 1. The summed E-state index contributed by atoms with van der Waals surface area (Å²) >= 11 is 6.06. The molecule has 12 nitrogen and oxygen atoms in total. The first-order chi connectivity index (χ1) is 20.4. The van der Waals surface area contributed by atoms with E-state index in [0.717, 1.165) is 19.1 Å².